The normalized spacial score (nSPS) is 17.8. The second-order valence-electron chi connectivity index (χ2n) is 7.43. The maximum Gasteiger partial charge on any atom is 0.433 e. The molecule has 10 heteroatoms. The molecule has 0 radical (unpaired) electrons. The van der Waals surface area contributed by atoms with E-state index in [-0.39, 0.29) is 29.8 Å². The lowest BCUT2D eigenvalue weighted by Gasteiger charge is -2.34. The van der Waals surface area contributed by atoms with Gasteiger partial charge >= 0.3 is 6.18 Å². The molecule has 0 N–H and O–H groups in total. The zero-order valence-corrected chi connectivity index (χ0v) is 16.1. The van der Waals surface area contributed by atoms with Crippen LogP contribution in [0.25, 0.3) is 5.65 Å². The first-order valence-corrected chi connectivity index (χ1v) is 9.45. The van der Waals surface area contributed by atoms with Crippen molar-refractivity contribution in [2.75, 3.05) is 6.54 Å². The predicted molar refractivity (Wildman–Crippen MR) is 98.0 cm³/mol. The summed E-state index contributed by atoms with van der Waals surface area (Å²) in [6.45, 7) is 4.03. The minimum Gasteiger partial charge on any atom is -0.332 e. The van der Waals surface area contributed by atoms with Gasteiger partial charge in [0.15, 0.2) is 5.65 Å². The highest BCUT2D eigenvalue weighted by molar-refractivity contribution is 5.76. The Bertz CT molecular complexity index is 1050. The fraction of sp³-hybridized carbons (Fsp3) is 0.474. The van der Waals surface area contributed by atoms with Crippen LogP contribution < -0.4 is 0 Å². The van der Waals surface area contributed by atoms with Crippen molar-refractivity contribution >= 4 is 11.6 Å². The Morgan fingerprint density at radius 2 is 2.03 bits per heavy atom. The Kier molecular flexibility index (Phi) is 4.79. The summed E-state index contributed by atoms with van der Waals surface area (Å²) < 4.78 is 42.7. The molecule has 0 aliphatic carbocycles. The second kappa shape index (κ2) is 7.16. The maximum atomic E-state index is 13.4. The fourth-order valence-electron chi connectivity index (χ4n) is 3.80. The summed E-state index contributed by atoms with van der Waals surface area (Å²) in [6, 6.07) is 2.15. The maximum absolute atomic E-state index is 13.4. The van der Waals surface area contributed by atoms with E-state index in [2.05, 4.69) is 15.2 Å². The molecule has 1 aliphatic heterocycles. The van der Waals surface area contributed by atoms with E-state index < -0.39 is 11.9 Å². The molecule has 0 bridgehead atoms. The lowest BCUT2D eigenvalue weighted by Crippen LogP contribution is -2.40. The number of nitrogens with zero attached hydrogens (tertiary/aromatic N) is 6. The lowest BCUT2D eigenvalue weighted by atomic mass is 9.99. The summed E-state index contributed by atoms with van der Waals surface area (Å²) in [7, 11) is 0. The average Bonchev–Trinajstić information content (AvgIpc) is 3.26. The van der Waals surface area contributed by atoms with Crippen molar-refractivity contribution < 1.29 is 18.0 Å². The minimum atomic E-state index is -4.55. The predicted octanol–water partition coefficient (Wildman–Crippen LogP) is 3.32. The molecule has 1 aliphatic rings. The van der Waals surface area contributed by atoms with Crippen LogP contribution >= 0.6 is 0 Å². The number of hydrogen-bond acceptors (Lipinski definition) is 4. The molecule has 0 aromatic carbocycles. The molecule has 3 aromatic rings. The molecule has 1 unspecified atom stereocenters. The van der Waals surface area contributed by atoms with Crippen LogP contribution in [0.15, 0.2) is 24.5 Å². The van der Waals surface area contributed by atoms with Crippen molar-refractivity contribution in [2.24, 2.45) is 0 Å². The molecule has 29 heavy (non-hydrogen) atoms. The second-order valence-corrected chi connectivity index (χ2v) is 7.43. The van der Waals surface area contributed by atoms with Gasteiger partial charge in [-0.3, -0.25) is 9.48 Å². The van der Waals surface area contributed by atoms with Gasteiger partial charge in [0.05, 0.1) is 17.9 Å². The summed E-state index contributed by atoms with van der Waals surface area (Å²) >= 11 is 0. The smallest absolute Gasteiger partial charge is 0.332 e. The number of rotatable bonds is 3. The standard InChI is InChI=1S/C19H21F3N6O/c1-12-9-23-26(10-12)11-18(29)27-6-4-3-5-15(27)14-8-17-24-13(2)7-16(19(20,21)22)28(17)25-14/h7-10,15H,3-6,11H2,1-2H3. The van der Waals surface area contributed by atoms with Crippen molar-refractivity contribution in [3.8, 4) is 0 Å². The first-order valence-electron chi connectivity index (χ1n) is 9.45. The molecular formula is C19H21F3N6O. The summed E-state index contributed by atoms with van der Waals surface area (Å²) in [5, 5.41) is 8.35. The fourth-order valence-corrected chi connectivity index (χ4v) is 3.80. The number of hydrogen-bond donors (Lipinski definition) is 0. The van der Waals surface area contributed by atoms with Crippen molar-refractivity contribution in [1.82, 2.24) is 29.3 Å². The summed E-state index contributed by atoms with van der Waals surface area (Å²) in [5.74, 6) is -0.130. The first-order chi connectivity index (χ1) is 13.7. The number of likely N-dealkylation sites (tertiary alicyclic amines) is 1. The Hall–Kier alpha value is -2.91. The monoisotopic (exact) mass is 406 g/mol. The topological polar surface area (TPSA) is 68.3 Å². The molecule has 1 atom stereocenters. The number of amides is 1. The highest BCUT2D eigenvalue weighted by Crippen LogP contribution is 2.34. The molecule has 0 spiro atoms. The summed E-state index contributed by atoms with van der Waals surface area (Å²) in [4.78, 5) is 18.8. The molecule has 1 amide bonds. The number of carbonyl (C=O) groups is 1. The van der Waals surface area contributed by atoms with Crippen LogP contribution in [0.3, 0.4) is 0 Å². The Morgan fingerprint density at radius 1 is 1.24 bits per heavy atom. The summed E-state index contributed by atoms with van der Waals surface area (Å²) in [6.07, 6.45) is 1.28. The van der Waals surface area contributed by atoms with Crippen LogP contribution in [0.1, 0.15) is 47.9 Å². The Morgan fingerprint density at radius 3 is 2.72 bits per heavy atom. The van der Waals surface area contributed by atoms with Crippen molar-refractivity contribution in [2.45, 2.75) is 51.9 Å². The van der Waals surface area contributed by atoms with Gasteiger partial charge in [-0.15, -0.1) is 0 Å². The SMILES string of the molecule is Cc1cnn(CC(=O)N2CCCCC2c2cc3nc(C)cc(C(F)(F)F)n3n2)c1. The number of aromatic nitrogens is 5. The van der Waals surface area contributed by atoms with E-state index in [1.54, 1.807) is 28.0 Å². The van der Waals surface area contributed by atoms with Crippen LogP contribution in [0.4, 0.5) is 13.2 Å². The number of fused-ring (bicyclic) bond motifs is 1. The molecule has 1 saturated heterocycles. The van der Waals surface area contributed by atoms with Gasteiger partial charge < -0.3 is 4.90 Å². The van der Waals surface area contributed by atoms with Gasteiger partial charge in [-0.2, -0.15) is 23.4 Å². The number of halogens is 3. The molecule has 7 nitrogen and oxygen atoms in total. The van der Waals surface area contributed by atoms with E-state index in [1.165, 1.54) is 6.92 Å². The molecule has 1 fully saturated rings. The van der Waals surface area contributed by atoms with Gasteiger partial charge in [0.1, 0.15) is 12.2 Å². The van der Waals surface area contributed by atoms with Crippen molar-refractivity contribution in [1.29, 1.82) is 0 Å². The van der Waals surface area contributed by atoms with Crippen LogP contribution in [0, 0.1) is 13.8 Å². The third kappa shape index (κ3) is 3.83. The highest BCUT2D eigenvalue weighted by atomic mass is 19.4. The molecule has 4 rings (SSSR count). The van der Waals surface area contributed by atoms with E-state index in [4.69, 9.17) is 0 Å². The van der Waals surface area contributed by atoms with Crippen LogP contribution in [0.5, 0.6) is 0 Å². The van der Waals surface area contributed by atoms with Crippen molar-refractivity contribution in [3.63, 3.8) is 0 Å². The van der Waals surface area contributed by atoms with E-state index in [1.807, 2.05) is 6.92 Å². The molecule has 4 heterocycles. The number of alkyl halides is 3. The third-order valence-electron chi connectivity index (χ3n) is 5.09. The van der Waals surface area contributed by atoms with E-state index in [9.17, 15) is 18.0 Å². The van der Waals surface area contributed by atoms with Crippen LogP contribution in [-0.4, -0.2) is 41.7 Å². The Balaban J connectivity index is 1.68. The number of piperidine rings is 1. The molecular weight excluding hydrogens is 385 g/mol. The lowest BCUT2D eigenvalue weighted by molar-refractivity contribution is -0.143. The zero-order chi connectivity index (χ0) is 20.8. The van der Waals surface area contributed by atoms with Crippen LogP contribution in [-0.2, 0) is 17.5 Å². The van der Waals surface area contributed by atoms with E-state index in [0.717, 1.165) is 29.0 Å². The number of aryl methyl sites for hydroxylation is 2. The van der Waals surface area contributed by atoms with E-state index in [0.29, 0.717) is 18.7 Å². The van der Waals surface area contributed by atoms with Gasteiger partial charge in [0.2, 0.25) is 5.91 Å². The minimum absolute atomic E-state index is 0.0862. The first kappa shape index (κ1) is 19.4. The Labute approximate surface area is 165 Å². The van der Waals surface area contributed by atoms with Gasteiger partial charge in [-0.25, -0.2) is 9.50 Å². The largest absolute Gasteiger partial charge is 0.433 e. The van der Waals surface area contributed by atoms with Gasteiger partial charge in [-0.1, -0.05) is 0 Å². The van der Waals surface area contributed by atoms with E-state index >= 15 is 0 Å². The average molecular weight is 406 g/mol. The molecule has 0 saturated carbocycles. The summed E-state index contributed by atoms with van der Waals surface area (Å²) in [5.41, 5.74) is 0.912. The molecule has 3 aromatic heterocycles. The zero-order valence-electron chi connectivity index (χ0n) is 16.1. The molecule has 154 valence electrons. The van der Waals surface area contributed by atoms with Crippen LogP contribution in [0.2, 0.25) is 0 Å². The quantitative estimate of drug-likeness (QED) is 0.669. The third-order valence-corrected chi connectivity index (χ3v) is 5.09. The van der Waals surface area contributed by atoms with Gasteiger partial charge in [0.25, 0.3) is 0 Å². The van der Waals surface area contributed by atoms with Gasteiger partial charge in [-0.05, 0) is 44.7 Å². The highest BCUT2D eigenvalue weighted by Gasteiger charge is 2.36. The van der Waals surface area contributed by atoms with Gasteiger partial charge in [0, 0.05) is 24.5 Å². The van der Waals surface area contributed by atoms with Crippen molar-refractivity contribution in [3.05, 3.63) is 47.2 Å². The number of carbonyl (C=O) groups excluding carboxylic acids is 1.